The second kappa shape index (κ2) is 6.13. The molecule has 3 rings (SSSR count). The molecule has 3 heterocycles. The Morgan fingerprint density at radius 2 is 1.86 bits per heavy atom. The number of aromatic nitrogens is 2. The lowest BCUT2D eigenvalue weighted by Crippen LogP contribution is -2.52. The summed E-state index contributed by atoms with van der Waals surface area (Å²) in [5.41, 5.74) is 0. The van der Waals surface area contributed by atoms with Crippen LogP contribution in [0.4, 0.5) is 5.82 Å². The number of anilines is 1. The van der Waals surface area contributed by atoms with Crippen molar-refractivity contribution < 1.29 is 9.84 Å². The molecule has 1 aromatic heterocycles. The summed E-state index contributed by atoms with van der Waals surface area (Å²) < 4.78 is 5.27. The average molecular weight is 293 g/mol. The zero-order chi connectivity index (χ0) is 14.8. The minimum Gasteiger partial charge on any atom is -0.478 e. The first-order valence-electron chi connectivity index (χ1n) is 7.39. The highest BCUT2D eigenvalue weighted by atomic mass is 16.5. The Morgan fingerprint density at radius 1 is 1.14 bits per heavy atom. The maximum atomic E-state index is 10.4. The van der Waals surface area contributed by atoms with E-state index in [0.717, 1.165) is 38.5 Å². The maximum absolute atomic E-state index is 10.4. The fourth-order valence-electron chi connectivity index (χ4n) is 3.13. The summed E-state index contributed by atoms with van der Waals surface area (Å²) in [5.74, 6) is 1.24. The van der Waals surface area contributed by atoms with E-state index in [-0.39, 0.29) is 12.1 Å². The number of methoxy groups -OCH3 is 1. The van der Waals surface area contributed by atoms with Crippen LogP contribution >= 0.6 is 0 Å². The average Bonchev–Trinajstić information content (AvgIpc) is 2.90. The first kappa shape index (κ1) is 14.5. The van der Waals surface area contributed by atoms with Gasteiger partial charge in [-0.3, -0.25) is 4.90 Å². The zero-order valence-electron chi connectivity index (χ0n) is 12.6. The fraction of sp³-hybridized carbons (Fsp3) is 0.714. The molecule has 2 aliphatic heterocycles. The quantitative estimate of drug-likeness (QED) is 0.789. The number of aliphatic hydroxyl groups is 1. The molecular weight excluding hydrogens is 270 g/mol. The Kier molecular flexibility index (Phi) is 4.23. The molecule has 0 unspecified atom stereocenters. The molecular formula is C14H23N5O2. The van der Waals surface area contributed by atoms with Crippen LogP contribution in [-0.2, 0) is 0 Å². The van der Waals surface area contributed by atoms with Gasteiger partial charge in [-0.15, -0.1) is 0 Å². The van der Waals surface area contributed by atoms with E-state index < -0.39 is 0 Å². The SMILES string of the molecule is COc1nccnc1N1C[C@H](O)[C@@H](N2CCN(C)CC2)C1. The number of rotatable bonds is 3. The van der Waals surface area contributed by atoms with Gasteiger partial charge in [0.2, 0.25) is 0 Å². The van der Waals surface area contributed by atoms with Crippen LogP contribution in [-0.4, -0.2) is 90.4 Å². The monoisotopic (exact) mass is 293 g/mol. The van der Waals surface area contributed by atoms with Crippen molar-refractivity contribution >= 4 is 5.82 Å². The van der Waals surface area contributed by atoms with Crippen molar-refractivity contribution in [2.24, 2.45) is 0 Å². The van der Waals surface area contributed by atoms with Crippen molar-refractivity contribution in [3.05, 3.63) is 12.4 Å². The second-order valence-corrected chi connectivity index (χ2v) is 5.77. The lowest BCUT2D eigenvalue weighted by Gasteiger charge is -2.37. The van der Waals surface area contributed by atoms with E-state index in [4.69, 9.17) is 4.74 Å². The molecule has 0 saturated carbocycles. The van der Waals surface area contributed by atoms with Gasteiger partial charge in [-0.2, -0.15) is 0 Å². The number of ether oxygens (including phenoxy) is 1. The van der Waals surface area contributed by atoms with Gasteiger partial charge in [-0.25, -0.2) is 9.97 Å². The van der Waals surface area contributed by atoms with Crippen LogP contribution in [0.2, 0.25) is 0 Å². The molecule has 0 amide bonds. The smallest absolute Gasteiger partial charge is 0.257 e. The summed E-state index contributed by atoms with van der Waals surface area (Å²) in [6.07, 6.45) is 2.92. The van der Waals surface area contributed by atoms with E-state index in [1.807, 2.05) is 0 Å². The van der Waals surface area contributed by atoms with E-state index in [2.05, 4.69) is 31.7 Å². The summed E-state index contributed by atoms with van der Waals surface area (Å²) in [6, 6.07) is 0.158. The molecule has 0 radical (unpaired) electrons. The molecule has 2 aliphatic rings. The van der Waals surface area contributed by atoms with Crippen LogP contribution in [0.3, 0.4) is 0 Å². The van der Waals surface area contributed by atoms with Gasteiger partial charge >= 0.3 is 0 Å². The fourth-order valence-corrected chi connectivity index (χ4v) is 3.13. The third-order valence-corrected chi connectivity index (χ3v) is 4.41. The van der Waals surface area contributed by atoms with Crippen LogP contribution in [0.15, 0.2) is 12.4 Å². The lowest BCUT2D eigenvalue weighted by molar-refractivity contribution is 0.0512. The molecule has 7 heteroatoms. The van der Waals surface area contributed by atoms with Crippen LogP contribution < -0.4 is 9.64 Å². The van der Waals surface area contributed by atoms with Gasteiger partial charge in [0.15, 0.2) is 5.82 Å². The molecule has 0 bridgehead atoms. The molecule has 0 spiro atoms. The minimum atomic E-state index is -0.361. The van der Waals surface area contributed by atoms with Gasteiger partial charge in [-0.1, -0.05) is 0 Å². The molecule has 0 aromatic carbocycles. The Bertz CT molecular complexity index is 478. The van der Waals surface area contributed by atoms with Crippen LogP contribution in [0.25, 0.3) is 0 Å². The Morgan fingerprint density at radius 3 is 2.57 bits per heavy atom. The molecule has 1 N–H and O–H groups in total. The zero-order valence-corrected chi connectivity index (χ0v) is 12.6. The summed E-state index contributed by atoms with van der Waals surface area (Å²) in [5, 5.41) is 10.4. The van der Waals surface area contributed by atoms with Crippen molar-refractivity contribution in [2.45, 2.75) is 12.1 Å². The molecule has 2 saturated heterocycles. The number of nitrogens with zero attached hydrogens (tertiary/aromatic N) is 5. The summed E-state index contributed by atoms with van der Waals surface area (Å²) in [6.45, 7) is 5.45. The van der Waals surface area contributed by atoms with Crippen LogP contribution in [0.1, 0.15) is 0 Å². The molecule has 0 aliphatic carbocycles. The standard InChI is InChI=1S/C14H23N5O2/c1-17-5-7-18(8-6-17)11-9-19(10-12(11)20)13-14(21-2)16-4-3-15-13/h3-4,11-12,20H,5-10H2,1-2H3/t11-,12-/m0/s1. The number of hydrogen-bond acceptors (Lipinski definition) is 7. The van der Waals surface area contributed by atoms with Crippen molar-refractivity contribution in [2.75, 3.05) is 58.3 Å². The third kappa shape index (κ3) is 2.95. The maximum Gasteiger partial charge on any atom is 0.257 e. The number of β-amino-alcohol motifs (C(OH)–C–C–N with tert-alkyl or cyclic N) is 1. The van der Waals surface area contributed by atoms with E-state index >= 15 is 0 Å². The number of aliphatic hydroxyl groups excluding tert-OH is 1. The summed E-state index contributed by atoms with van der Waals surface area (Å²) in [4.78, 5) is 15.3. The normalized spacial score (nSPS) is 28.0. The summed E-state index contributed by atoms with van der Waals surface area (Å²) in [7, 11) is 3.73. The van der Waals surface area contributed by atoms with E-state index in [0.29, 0.717) is 12.4 Å². The highest BCUT2D eigenvalue weighted by molar-refractivity contribution is 5.49. The predicted octanol–water partition coefficient (Wildman–Crippen LogP) is -0.718. The Balaban J connectivity index is 1.71. The number of hydrogen-bond donors (Lipinski definition) is 1. The molecule has 7 nitrogen and oxygen atoms in total. The first-order valence-corrected chi connectivity index (χ1v) is 7.39. The van der Waals surface area contributed by atoms with Gasteiger partial charge in [0, 0.05) is 51.7 Å². The van der Waals surface area contributed by atoms with Gasteiger partial charge in [0.05, 0.1) is 19.3 Å². The molecule has 2 fully saturated rings. The lowest BCUT2D eigenvalue weighted by atomic mass is 10.1. The first-order chi connectivity index (χ1) is 10.2. The van der Waals surface area contributed by atoms with Gasteiger partial charge in [0.1, 0.15) is 0 Å². The summed E-state index contributed by atoms with van der Waals surface area (Å²) >= 11 is 0. The molecule has 2 atom stereocenters. The second-order valence-electron chi connectivity index (χ2n) is 5.77. The Hall–Kier alpha value is -1.44. The third-order valence-electron chi connectivity index (χ3n) is 4.41. The number of piperazine rings is 1. The molecule has 116 valence electrons. The highest BCUT2D eigenvalue weighted by Crippen LogP contribution is 2.28. The van der Waals surface area contributed by atoms with Gasteiger partial charge in [-0.05, 0) is 7.05 Å². The minimum absolute atomic E-state index is 0.158. The highest BCUT2D eigenvalue weighted by Gasteiger charge is 2.38. The van der Waals surface area contributed by atoms with Crippen molar-refractivity contribution in [3.8, 4) is 5.88 Å². The van der Waals surface area contributed by atoms with Crippen molar-refractivity contribution in [3.63, 3.8) is 0 Å². The van der Waals surface area contributed by atoms with Gasteiger partial charge < -0.3 is 19.6 Å². The van der Waals surface area contributed by atoms with E-state index in [1.165, 1.54) is 0 Å². The predicted molar refractivity (Wildman–Crippen MR) is 79.7 cm³/mol. The molecule has 21 heavy (non-hydrogen) atoms. The topological polar surface area (TPSA) is 65.0 Å². The largest absolute Gasteiger partial charge is 0.478 e. The van der Waals surface area contributed by atoms with Crippen molar-refractivity contribution in [1.29, 1.82) is 0 Å². The molecule has 1 aromatic rings. The van der Waals surface area contributed by atoms with E-state index in [9.17, 15) is 5.11 Å². The van der Waals surface area contributed by atoms with Crippen LogP contribution in [0.5, 0.6) is 5.88 Å². The van der Waals surface area contributed by atoms with Crippen LogP contribution in [0, 0.1) is 0 Å². The number of likely N-dealkylation sites (N-methyl/N-ethyl adjacent to an activating group) is 1. The van der Waals surface area contributed by atoms with Gasteiger partial charge in [0.25, 0.3) is 5.88 Å². The Labute approximate surface area is 125 Å². The van der Waals surface area contributed by atoms with Crippen molar-refractivity contribution in [1.82, 2.24) is 19.8 Å². The van der Waals surface area contributed by atoms with E-state index in [1.54, 1.807) is 19.5 Å².